The van der Waals surface area contributed by atoms with Gasteiger partial charge in [0.1, 0.15) is 0 Å². The van der Waals surface area contributed by atoms with Gasteiger partial charge in [-0.15, -0.1) is 0 Å². The van der Waals surface area contributed by atoms with Crippen LogP contribution in [-0.2, 0) is 11.2 Å². The van der Waals surface area contributed by atoms with E-state index in [2.05, 4.69) is 10.2 Å². The van der Waals surface area contributed by atoms with Crippen LogP contribution < -0.4 is 5.73 Å². The highest BCUT2D eigenvalue weighted by Gasteiger charge is 2.17. The van der Waals surface area contributed by atoms with E-state index in [-0.39, 0.29) is 6.54 Å². The molecule has 0 saturated heterocycles. The van der Waals surface area contributed by atoms with Crippen molar-refractivity contribution in [3.8, 4) is 11.3 Å². The number of carboxylic acids is 1. The number of hydrogen-bond donors (Lipinski definition) is 3. The number of rotatable bonds is 5. The van der Waals surface area contributed by atoms with E-state index in [1.807, 2.05) is 36.4 Å². The number of nitrogens with zero attached hydrogens (tertiary/aromatic N) is 1. The van der Waals surface area contributed by atoms with Crippen LogP contribution in [0.5, 0.6) is 0 Å². The predicted molar refractivity (Wildman–Crippen MR) is 67.9 cm³/mol. The van der Waals surface area contributed by atoms with Gasteiger partial charge in [0.05, 0.1) is 11.6 Å². The summed E-state index contributed by atoms with van der Waals surface area (Å²) in [5.74, 6) is -1.46. The van der Waals surface area contributed by atoms with Gasteiger partial charge in [0.2, 0.25) is 0 Å². The SMILES string of the molecule is NCC(Cc1cc(-c2ccccc2)n[nH]1)C(=O)O. The molecule has 2 aromatic rings. The third kappa shape index (κ3) is 2.75. The summed E-state index contributed by atoms with van der Waals surface area (Å²) in [5.41, 5.74) is 8.02. The van der Waals surface area contributed by atoms with Crippen molar-refractivity contribution in [2.75, 3.05) is 6.54 Å². The molecule has 0 fully saturated rings. The van der Waals surface area contributed by atoms with Gasteiger partial charge in [-0.2, -0.15) is 5.10 Å². The molecule has 1 unspecified atom stereocenters. The first kappa shape index (κ1) is 12.3. The summed E-state index contributed by atoms with van der Waals surface area (Å²) in [6.45, 7) is 0.120. The lowest BCUT2D eigenvalue weighted by molar-refractivity contribution is -0.141. The Labute approximate surface area is 105 Å². The Kier molecular flexibility index (Phi) is 3.74. The zero-order chi connectivity index (χ0) is 13.0. The van der Waals surface area contributed by atoms with Crippen LogP contribution in [0.25, 0.3) is 11.3 Å². The minimum atomic E-state index is -0.881. The number of aromatic nitrogens is 2. The number of aromatic amines is 1. The fraction of sp³-hybridized carbons (Fsp3) is 0.231. The van der Waals surface area contributed by atoms with Crippen molar-refractivity contribution in [1.82, 2.24) is 10.2 Å². The fourth-order valence-corrected chi connectivity index (χ4v) is 1.76. The number of nitrogens with two attached hydrogens (primary N) is 1. The molecule has 0 spiro atoms. The second-order valence-electron chi connectivity index (χ2n) is 4.12. The average molecular weight is 245 g/mol. The highest BCUT2D eigenvalue weighted by atomic mass is 16.4. The molecular formula is C13H15N3O2. The zero-order valence-electron chi connectivity index (χ0n) is 9.84. The molecule has 5 heteroatoms. The molecule has 18 heavy (non-hydrogen) atoms. The first-order valence-corrected chi connectivity index (χ1v) is 5.73. The molecule has 0 amide bonds. The molecule has 4 N–H and O–H groups in total. The third-order valence-corrected chi connectivity index (χ3v) is 2.80. The van der Waals surface area contributed by atoms with Crippen molar-refractivity contribution in [2.45, 2.75) is 6.42 Å². The van der Waals surface area contributed by atoms with Crippen molar-refractivity contribution in [2.24, 2.45) is 11.7 Å². The maximum Gasteiger partial charge on any atom is 0.308 e. The topological polar surface area (TPSA) is 92.0 Å². The number of aliphatic carboxylic acids is 1. The van der Waals surface area contributed by atoms with Crippen molar-refractivity contribution >= 4 is 5.97 Å². The summed E-state index contributed by atoms with van der Waals surface area (Å²) in [7, 11) is 0. The van der Waals surface area contributed by atoms with Crippen LogP contribution in [0.2, 0.25) is 0 Å². The normalized spacial score (nSPS) is 12.3. The summed E-state index contributed by atoms with van der Waals surface area (Å²) in [6, 6.07) is 11.6. The van der Waals surface area contributed by atoms with Gasteiger partial charge in [0.15, 0.2) is 0 Å². The van der Waals surface area contributed by atoms with Crippen molar-refractivity contribution < 1.29 is 9.90 Å². The van der Waals surface area contributed by atoms with Gasteiger partial charge >= 0.3 is 5.97 Å². The lowest BCUT2D eigenvalue weighted by Gasteiger charge is -2.06. The lowest BCUT2D eigenvalue weighted by atomic mass is 10.0. The number of H-pyrrole nitrogens is 1. The molecule has 0 saturated carbocycles. The van der Waals surface area contributed by atoms with Gasteiger partial charge in [0, 0.05) is 24.2 Å². The van der Waals surface area contributed by atoms with Crippen LogP contribution >= 0.6 is 0 Å². The molecule has 1 aromatic carbocycles. The molecule has 0 aliphatic rings. The Morgan fingerprint density at radius 1 is 1.39 bits per heavy atom. The largest absolute Gasteiger partial charge is 0.481 e. The molecule has 0 radical (unpaired) electrons. The summed E-state index contributed by atoms with van der Waals surface area (Å²) >= 11 is 0. The Balaban J connectivity index is 2.14. The molecule has 1 heterocycles. The molecule has 5 nitrogen and oxygen atoms in total. The van der Waals surface area contributed by atoms with E-state index in [1.54, 1.807) is 0 Å². The minimum Gasteiger partial charge on any atom is -0.481 e. The zero-order valence-corrected chi connectivity index (χ0v) is 9.84. The van der Waals surface area contributed by atoms with Crippen molar-refractivity contribution in [1.29, 1.82) is 0 Å². The van der Waals surface area contributed by atoms with Gasteiger partial charge in [-0.25, -0.2) is 0 Å². The second-order valence-corrected chi connectivity index (χ2v) is 4.12. The predicted octanol–water partition coefficient (Wildman–Crippen LogP) is 1.28. The molecule has 1 atom stereocenters. The summed E-state index contributed by atoms with van der Waals surface area (Å²) in [6.07, 6.45) is 0.367. The number of carboxylic acid groups (broad SMARTS) is 1. The van der Waals surface area contributed by atoms with Gasteiger partial charge in [-0.1, -0.05) is 30.3 Å². The molecule has 0 aliphatic carbocycles. The van der Waals surface area contributed by atoms with E-state index in [0.717, 1.165) is 17.0 Å². The van der Waals surface area contributed by atoms with E-state index in [1.165, 1.54) is 0 Å². The van der Waals surface area contributed by atoms with E-state index in [0.29, 0.717) is 6.42 Å². The van der Waals surface area contributed by atoms with Gasteiger partial charge in [-0.05, 0) is 6.07 Å². The monoisotopic (exact) mass is 245 g/mol. The minimum absolute atomic E-state index is 0.120. The number of carbonyl (C=O) groups is 1. The Morgan fingerprint density at radius 2 is 2.11 bits per heavy atom. The Hall–Kier alpha value is -2.14. The average Bonchev–Trinajstić information content (AvgIpc) is 2.85. The lowest BCUT2D eigenvalue weighted by Crippen LogP contribution is -2.25. The van der Waals surface area contributed by atoms with E-state index in [9.17, 15) is 4.79 Å². The van der Waals surface area contributed by atoms with Gasteiger partial charge < -0.3 is 10.8 Å². The molecule has 0 aliphatic heterocycles. The molecule has 0 bridgehead atoms. The Morgan fingerprint density at radius 3 is 2.72 bits per heavy atom. The van der Waals surface area contributed by atoms with Crippen LogP contribution in [0.4, 0.5) is 0 Å². The maximum atomic E-state index is 10.9. The van der Waals surface area contributed by atoms with Crippen molar-refractivity contribution in [3.05, 3.63) is 42.1 Å². The van der Waals surface area contributed by atoms with Crippen molar-refractivity contribution in [3.63, 3.8) is 0 Å². The summed E-state index contributed by atoms with van der Waals surface area (Å²) in [4.78, 5) is 10.9. The molecule has 94 valence electrons. The summed E-state index contributed by atoms with van der Waals surface area (Å²) < 4.78 is 0. The van der Waals surface area contributed by atoms with Crippen LogP contribution in [-0.4, -0.2) is 27.8 Å². The smallest absolute Gasteiger partial charge is 0.308 e. The van der Waals surface area contributed by atoms with Crippen LogP contribution in [0.1, 0.15) is 5.69 Å². The standard InChI is InChI=1S/C13H15N3O2/c14-8-10(13(17)18)6-11-7-12(16-15-11)9-4-2-1-3-5-9/h1-5,7,10H,6,8,14H2,(H,15,16)(H,17,18). The second kappa shape index (κ2) is 5.46. The molecule has 2 rings (SSSR count). The quantitative estimate of drug-likeness (QED) is 0.739. The van der Waals surface area contributed by atoms with E-state index >= 15 is 0 Å². The van der Waals surface area contributed by atoms with Crippen LogP contribution in [0.15, 0.2) is 36.4 Å². The highest BCUT2D eigenvalue weighted by molar-refractivity contribution is 5.70. The van der Waals surface area contributed by atoms with E-state index in [4.69, 9.17) is 10.8 Å². The molecular weight excluding hydrogens is 230 g/mol. The number of benzene rings is 1. The third-order valence-electron chi connectivity index (χ3n) is 2.80. The van der Waals surface area contributed by atoms with Crippen LogP contribution in [0, 0.1) is 5.92 Å². The van der Waals surface area contributed by atoms with Gasteiger partial charge in [0.25, 0.3) is 0 Å². The maximum absolute atomic E-state index is 10.9. The first-order valence-electron chi connectivity index (χ1n) is 5.73. The fourth-order valence-electron chi connectivity index (χ4n) is 1.76. The Bertz CT molecular complexity index is 522. The number of hydrogen-bond acceptors (Lipinski definition) is 3. The molecule has 1 aromatic heterocycles. The first-order chi connectivity index (χ1) is 8.70. The summed E-state index contributed by atoms with van der Waals surface area (Å²) in [5, 5.41) is 16.0. The number of nitrogens with one attached hydrogen (secondary N) is 1. The van der Waals surface area contributed by atoms with Crippen LogP contribution in [0.3, 0.4) is 0 Å². The van der Waals surface area contributed by atoms with Gasteiger partial charge in [-0.3, -0.25) is 9.89 Å². The van der Waals surface area contributed by atoms with E-state index < -0.39 is 11.9 Å². The highest BCUT2D eigenvalue weighted by Crippen LogP contribution is 2.18.